The molecule has 1 amide bonds. The van der Waals surface area contributed by atoms with E-state index >= 15 is 0 Å². The van der Waals surface area contributed by atoms with Gasteiger partial charge in [-0.1, -0.05) is 47.6 Å². The van der Waals surface area contributed by atoms with Crippen molar-refractivity contribution in [1.82, 2.24) is 14.9 Å². The lowest BCUT2D eigenvalue weighted by Crippen LogP contribution is -2.28. The molecule has 0 spiro atoms. The molecule has 0 aliphatic heterocycles. The van der Waals surface area contributed by atoms with Crippen LogP contribution in [0.5, 0.6) is 0 Å². The van der Waals surface area contributed by atoms with Crippen molar-refractivity contribution in [3.8, 4) is 0 Å². The van der Waals surface area contributed by atoms with E-state index in [0.717, 1.165) is 11.1 Å². The molecular weight excluding hydrogens is 401 g/mol. The van der Waals surface area contributed by atoms with Crippen molar-refractivity contribution in [1.29, 1.82) is 0 Å². The maximum Gasteiger partial charge on any atom is 0.240 e. The third-order valence-electron chi connectivity index (χ3n) is 4.05. The summed E-state index contributed by atoms with van der Waals surface area (Å²) in [6.07, 6.45) is 1.56. The SMILES string of the molecule is O=C(Cn1c(CO)cnc1SCc1ccc(F)cc1)NCc1ccc(Cl)cc1. The number of carbonyl (C=O) groups is 1. The molecule has 0 unspecified atom stereocenters. The molecule has 3 aromatic rings. The Morgan fingerprint density at radius 3 is 2.50 bits per heavy atom. The summed E-state index contributed by atoms with van der Waals surface area (Å²) in [6, 6.07) is 13.5. The van der Waals surface area contributed by atoms with E-state index in [1.54, 1.807) is 35.0 Å². The van der Waals surface area contributed by atoms with Crippen molar-refractivity contribution in [2.24, 2.45) is 0 Å². The van der Waals surface area contributed by atoms with Gasteiger partial charge in [0.2, 0.25) is 5.91 Å². The van der Waals surface area contributed by atoms with Gasteiger partial charge in [-0.15, -0.1) is 0 Å². The van der Waals surface area contributed by atoms with Gasteiger partial charge in [0.05, 0.1) is 18.5 Å². The quantitative estimate of drug-likeness (QED) is 0.545. The number of hydrogen-bond donors (Lipinski definition) is 2. The number of imidazole rings is 1. The normalized spacial score (nSPS) is 10.8. The third kappa shape index (κ3) is 5.58. The number of carbonyl (C=O) groups excluding carboxylic acids is 1. The number of hydrogen-bond acceptors (Lipinski definition) is 4. The Morgan fingerprint density at radius 1 is 1.14 bits per heavy atom. The molecule has 0 bridgehead atoms. The fourth-order valence-electron chi connectivity index (χ4n) is 2.53. The minimum atomic E-state index is -0.282. The largest absolute Gasteiger partial charge is 0.390 e. The highest BCUT2D eigenvalue weighted by Crippen LogP contribution is 2.23. The van der Waals surface area contributed by atoms with Crippen molar-refractivity contribution >= 4 is 29.3 Å². The van der Waals surface area contributed by atoms with Gasteiger partial charge >= 0.3 is 0 Å². The second kappa shape index (κ2) is 9.73. The van der Waals surface area contributed by atoms with E-state index in [1.165, 1.54) is 23.9 Å². The third-order valence-corrected chi connectivity index (χ3v) is 5.36. The van der Waals surface area contributed by atoms with E-state index in [4.69, 9.17) is 11.6 Å². The highest BCUT2D eigenvalue weighted by Gasteiger charge is 2.14. The van der Waals surface area contributed by atoms with Crippen molar-refractivity contribution in [3.63, 3.8) is 0 Å². The number of benzene rings is 2. The summed E-state index contributed by atoms with van der Waals surface area (Å²) in [5, 5.41) is 13.7. The van der Waals surface area contributed by atoms with Crippen LogP contribution in [0.15, 0.2) is 59.9 Å². The number of halogens is 2. The standard InChI is InChI=1S/C20H19ClFN3O2S/c21-16-5-1-14(2-6-16)9-23-19(27)11-25-18(12-26)10-24-20(25)28-13-15-3-7-17(22)8-4-15/h1-8,10,26H,9,11-13H2,(H,23,27). The first-order valence-electron chi connectivity index (χ1n) is 8.59. The van der Waals surface area contributed by atoms with Crippen LogP contribution in [0, 0.1) is 5.82 Å². The highest BCUT2D eigenvalue weighted by atomic mass is 35.5. The smallest absolute Gasteiger partial charge is 0.240 e. The molecular formula is C20H19ClFN3O2S. The van der Waals surface area contributed by atoms with Gasteiger partial charge in [0, 0.05) is 17.3 Å². The van der Waals surface area contributed by atoms with Crippen molar-refractivity contribution in [3.05, 3.63) is 82.4 Å². The first-order chi connectivity index (χ1) is 13.5. The van der Waals surface area contributed by atoms with Gasteiger partial charge in [0.1, 0.15) is 12.4 Å². The fraction of sp³-hybridized carbons (Fsp3) is 0.200. The molecule has 0 aliphatic rings. The molecule has 146 valence electrons. The molecule has 0 saturated carbocycles. The van der Waals surface area contributed by atoms with Gasteiger partial charge in [0.25, 0.3) is 0 Å². The molecule has 1 heterocycles. The first kappa shape index (κ1) is 20.4. The summed E-state index contributed by atoms with van der Waals surface area (Å²) < 4.78 is 14.7. The predicted molar refractivity (Wildman–Crippen MR) is 107 cm³/mol. The second-order valence-electron chi connectivity index (χ2n) is 6.09. The summed E-state index contributed by atoms with van der Waals surface area (Å²) in [5.74, 6) is 0.107. The fourth-order valence-corrected chi connectivity index (χ4v) is 3.61. The summed E-state index contributed by atoms with van der Waals surface area (Å²) in [4.78, 5) is 16.7. The Labute approximate surface area is 171 Å². The zero-order valence-electron chi connectivity index (χ0n) is 14.9. The Morgan fingerprint density at radius 2 is 1.82 bits per heavy atom. The van der Waals surface area contributed by atoms with E-state index in [2.05, 4.69) is 10.3 Å². The molecule has 0 aliphatic carbocycles. The average molecular weight is 420 g/mol. The Bertz CT molecular complexity index is 930. The van der Waals surface area contributed by atoms with Gasteiger partial charge < -0.3 is 15.0 Å². The topological polar surface area (TPSA) is 67.2 Å². The van der Waals surface area contributed by atoms with Gasteiger partial charge in [-0.25, -0.2) is 9.37 Å². The van der Waals surface area contributed by atoms with Crippen LogP contribution in [-0.2, 0) is 30.2 Å². The van der Waals surface area contributed by atoms with Crippen LogP contribution in [0.3, 0.4) is 0 Å². The van der Waals surface area contributed by atoms with Crippen molar-refractivity contribution < 1.29 is 14.3 Å². The molecule has 0 saturated heterocycles. The Hall–Kier alpha value is -2.35. The summed E-state index contributed by atoms with van der Waals surface area (Å²) in [7, 11) is 0. The average Bonchev–Trinajstić information content (AvgIpc) is 3.08. The van der Waals surface area contributed by atoms with Crippen LogP contribution in [0.25, 0.3) is 0 Å². The van der Waals surface area contributed by atoms with E-state index in [-0.39, 0.29) is 24.9 Å². The lowest BCUT2D eigenvalue weighted by atomic mass is 10.2. The number of rotatable bonds is 8. The Balaban J connectivity index is 1.61. The molecule has 2 aromatic carbocycles. The minimum Gasteiger partial charge on any atom is -0.390 e. The molecule has 0 fully saturated rings. The molecule has 0 radical (unpaired) electrons. The number of aliphatic hydroxyl groups excluding tert-OH is 1. The van der Waals surface area contributed by atoms with Crippen LogP contribution in [0.2, 0.25) is 5.02 Å². The van der Waals surface area contributed by atoms with Crippen molar-refractivity contribution in [2.45, 2.75) is 30.6 Å². The molecule has 28 heavy (non-hydrogen) atoms. The molecule has 2 N–H and O–H groups in total. The molecule has 0 atom stereocenters. The van der Waals surface area contributed by atoms with Gasteiger partial charge in [-0.2, -0.15) is 0 Å². The van der Waals surface area contributed by atoms with Crippen LogP contribution in [0.4, 0.5) is 4.39 Å². The van der Waals surface area contributed by atoms with Crippen LogP contribution in [-0.4, -0.2) is 20.6 Å². The van der Waals surface area contributed by atoms with Crippen LogP contribution in [0.1, 0.15) is 16.8 Å². The maximum atomic E-state index is 13.0. The van der Waals surface area contributed by atoms with E-state index in [1.807, 2.05) is 12.1 Å². The number of aliphatic hydroxyl groups is 1. The zero-order valence-corrected chi connectivity index (χ0v) is 16.5. The highest BCUT2D eigenvalue weighted by molar-refractivity contribution is 7.98. The van der Waals surface area contributed by atoms with Gasteiger partial charge in [-0.3, -0.25) is 4.79 Å². The predicted octanol–water partition coefficient (Wildman–Crippen LogP) is 3.78. The molecule has 5 nitrogen and oxygen atoms in total. The monoisotopic (exact) mass is 419 g/mol. The summed E-state index contributed by atoms with van der Waals surface area (Å²) in [6.45, 7) is 0.223. The number of aromatic nitrogens is 2. The number of nitrogens with zero attached hydrogens (tertiary/aromatic N) is 2. The first-order valence-corrected chi connectivity index (χ1v) is 9.95. The van der Waals surface area contributed by atoms with Gasteiger partial charge in [-0.05, 0) is 35.4 Å². The van der Waals surface area contributed by atoms with Crippen molar-refractivity contribution in [2.75, 3.05) is 0 Å². The molecule has 3 rings (SSSR count). The Kier molecular flexibility index (Phi) is 7.08. The zero-order chi connectivity index (χ0) is 19.9. The lowest BCUT2D eigenvalue weighted by Gasteiger charge is -2.11. The molecule has 8 heteroatoms. The van der Waals surface area contributed by atoms with E-state index in [0.29, 0.717) is 28.2 Å². The van der Waals surface area contributed by atoms with Gasteiger partial charge in [0.15, 0.2) is 5.16 Å². The van der Waals surface area contributed by atoms with Crippen LogP contribution >= 0.6 is 23.4 Å². The molecule has 1 aromatic heterocycles. The maximum absolute atomic E-state index is 13.0. The van der Waals surface area contributed by atoms with E-state index < -0.39 is 0 Å². The second-order valence-corrected chi connectivity index (χ2v) is 7.47. The number of amides is 1. The number of nitrogens with one attached hydrogen (secondary N) is 1. The summed E-state index contributed by atoms with van der Waals surface area (Å²) >= 11 is 7.28. The van der Waals surface area contributed by atoms with E-state index in [9.17, 15) is 14.3 Å². The summed E-state index contributed by atoms with van der Waals surface area (Å²) in [5.41, 5.74) is 2.44. The lowest BCUT2D eigenvalue weighted by molar-refractivity contribution is -0.122. The number of thioether (sulfide) groups is 1. The minimum absolute atomic E-state index is 0.0508. The van der Waals surface area contributed by atoms with Crippen LogP contribution < -0.4 is 5.32 Å².